The van der Waals surface area contributed by atoms with Crippen molar-refractivity contribution in [2.75, 3.05) is 16.8 Å². The molecule has 0 amide bonds. The first-order chi connectivity index (χ1) is 15.1. The van der Waals surface area contributed by atoms with Gasteiger partial charge >= 0.3 is 0 Å². The number of aryl methyl sites for hydroxylation is 1. The first-order valence-corrected chi connectivity index (χ1v) is 10.5. The standard InChI is InChI=1S/C24H23N7/c1-17-6-5-12-30(17)23-10-4-9-22(28-23)27-20-15-21(19-8-3-7-18(14-19)16-25)29(2)31-13-11-26-24(20)31/h3-4,7-11,13-15,17H,5-6,12H2,1-2H3/p+1. The molecule has 154 valence electrons. The second-order valence-electron chi connectivity index (χ2n) is 7.95. The summed E-state index contributed by atoms with van der Waals surface area (Å²) in [5, 5.41) is 12.8. The maximum atomic E-state index is 9.30. The van der Waals surface area contributed by atoms with Crippen molar-refractivity contribution >= 4 is 23.0 Å². The Hall–Kier alpha value is -3.92. The van der Waals surface area contributed by atoms with Gasteiger partial charge in [0.15, 0.2) is 7.05 Å². The Kier molecular flexibility index (Phi) is 4.75. The molecule has 1 saturated heterocycles. The number of pyridine rings is 1. The molecule has 4 aromatic rings. The van der Waals surface area contributed by atoms with Gasteiger partial charge in [0, 0.05) is 24.2 Å². The molecule has 0 spiro atoms. The van der Waals surface area contributed by atoms with Gasteiger partial charge in [-0.25, -0.2) is 9.97 Å². The fraction of sp³-hybridized carbons (Fsp3) is 0.250. The number of nitrogens with zero attached hydrogens (tertiary/aromatic N) is 6. The van der Waals surface area contributed by atoms with Gasteiger partial charge in [-0.3, -0.25) is 0 Å². The zero-order valence-electron chi connectivity index (χ0n) is 17.7. The molecule has 5 rings (SSSR count). The van der Waals surface area contributed by atoms with E-state index < -0.39 is 0 Å². The second kappa shape index (κ2) is 7.73. The molecule has 1 aliphatic rings. The Balaban J connectivity index is 1.57. The molecule has 0 radical (unpaired) electrons. The van der Waals surface area contributed by atoms with Crippen LogP contribution in [0.4, 0.5) is 17.3 Å². The minimum Gasteiger partial charge on any atom is -0.354 e. The summed E-state index contributed by atoms with van der Waals surface area (Å²) < 4.78 is 4.02. The third kappa shape index (κ3) is 3.46. The number of benzene rings is 1. The summed E-state index contributed by atoms with van der Waals surface area (Å²) in [6.45, 7) is 3.30. The first kappa shape index (κ1) is 19.1. The van der Waals surface area contributed by atoms with Crippen molar-refractivity contribution in [1.29, 1.82) is 5.26 Å². The maximum absolute atomic E-state index is 9.30. The molecule has 4 heterocycles. The number of nitriles is 1. The molecular weight excluding hydrogens is 386 g/mol. The highest BCUT2D eigenvalue weighted by Crippen LogP contribution is 2.28. The van der Waals surface area contributed by atoms with Gasteiger partial charge in [-0.15, -0.1) is 9.20 Å². The van der Waals surface area contributed by atoms with Crippen LogP contribution in [-0.2, 0) is 7.05 Å². The molecule has 7 heteroatoms. The fourth-order valence-electron chi connectivity index (χ4n) is 4.32. The van der Waals surface area contributed by atoms with Crippen LogP contribution in [0.25, 0.3) is 16.9 Å². The van der Waals surface area contributed by atoms with Crippen LogP contribution in [0.15, 0.2) is 60.9 Å². The Morgan fingerprint density at radius 1 is 1.19 bits per heavy atom. The molecule has 7 nitrogen and oxygen atoms in total. The largest absolute Gasteiger partial charge is 0.354 e. The lowest BCUT2D eigenvalue weighted by atomic mass is 10.1. The normalized spacial score (nSPS) is 15.9. The van der Waals surface area contributed by atoms with Crippen LogP contribution in [-0.4, -0.2) is 27.1 Å². The number of imidazole rings is 1. The van der Waals surface area contributed by atoms with Gasteiger partial charge in [0.2, 0.25) is 11.3 Å². The topological polar surface area (TPSA) is 73.1 Å². The lowest BCUT2D eigenvalue weighted by Crippen LogP contribution is -2.39. The summed E-state index contributed by atoms with van der Waals surface area (Å²) in [5.74, 6) is 1.78. The summed E-state index contributed by atoms with van der Waals surface area (Å²) in [7, 11) is 1.99. The molecule has 0 aliphatic carbocycles. The van der Waals surface area contributed by atoms with Crippen LogP contribution in [0, 0.1) is 11.3 Å². The van der Waals surface area contributed by atoms with Crippen LogP contribution in [0.1, 0.15) is 25.3 Å². The van der Waals surface area contributed by atoms with Gasteiger partial charge in [0.25, 0.3) is 0 Å². The zero-order chi connectivity index (χ0) is 21.4. The van der Waals surface area contributed by atoms with Crippen LogP contribution in [0.3, 0.4) is 0 Å². The van der Waals surface area contributed by atoms with E-state index in [0.717, 1.165) is 40.8 Å². The van der Waals surface area contributed by atoms with E-state index in [1.807, 2.05) is 58.8 Å². The van der Waals surface area contributed by atoms with Gasteiger partial charge in [-0.05, 0) is 50.1 Å². The summed E-state index contributed by atoms with van der Waals surface area (Å²) >= 11 is 0. The highest BCUT2D eigenvalue weighted by Gasteiger charge is 2.22. The Bertz CT molecular complexity index is 1300. The van der Waals surface area contributed by atoms with E-state index in [9.17, 15) is 5.26 Å². The highest BCUT2D eigenvalue weighted by atomic mass is 15.4. The van der Waals surface area contributed by atoms with E-state index in [0.29, 0.717) is 11.6 Å². The molecular formula is C24H24N7+. The van der Waals surface area contributed by atoms with E-state index in [4.69, 9.17) is 4.98 Å². The minimum atomic E-state index is 0.511. The van der Waals surface area contributed by atoms with Crippen molar-refractivity contribution < 1.29 is 4.68 Å². The molecule has 3 aromatic heterocycles. The van der Waals surface area contributed by atoms with Crippen LogP contribution in [0.2, 0.25) is 0 Å². The molecule has 1 atom stereocenters. The lowest BCUT2D eigenvalue weighted by Gasteiger charge is -2.23. The fourth-order valence-corrected chi connectivity index (χ4v) is 4.32. The Morgan fingerprint density at radius 3 is 2.87 bits per heavy atom. The van der Waals surface area contributed by atoms with Gasteiger partial charge in [0.05, 0.1) is 29.7 Å². The molecule has 1 fully saturated rings. The molecule has 1 aliphatic heterocycles. The van der Waals surface area contributed by atoms with Gasteiger partial charge in [-0.1, -0.05) is 12.1 Å². The molecule has 31 heavy (non-hydrogen) atoms. The van der Waals surface area contributed by atoms with Crippen LogP contribution < -0.4 is 14.9 Å². The number of hydrogen-bond donors (Lipinski definition) is 1. The molecule has 0 saturated carbocycles. The number of nitrogens with one attached hydrogen (secondary N) is 1. The van der Waals surface area contributed by atoms with Gasteiger partial charge < -0.3 is 10.2 Å². The maximum Gasteiger partial charge on any atom is 0.239 e. The van der Waals surface area contributed by atoms with Crippen molar-refractivity contribution in [2.24, 2.45) is 7.05 Å². The summed E-state index contributed by atoms with van der Waals surface area (Å²) in [4.78, 5) is 11.8. The molecule has 1 N–H and O–H groups in total. The van der Waals surface area contributed by atoms with E-state index in [2.05, 4.69) is 40.3 Å². The average Bonchev–Trinajstić information content (AvgIpc) is 3.45. The predicted molar refractivity (Wildman–Crippen MR) is 120 cm³/mol. The van der Waals surface area contributed by atoms with Gasteiger partial charge in [-0.2, -0.15) is 5.26 Å². The quantitative estimate of drug-likeness (QED) is 0.518. The zero-order valence-corrected chi connectivity index (χ0v) is 17.7. The average molecular weight is 411 g/mol. The number of rotatable bonds is 4. The van der Waals surface area contributed by atoms with Crippen molar-refractivity contribution in [3.8, 4) is 17.3 Å². The SMILES string of the molecule is CC1CCCN1c1cccc(Nc2cc(-c3cccc(C#N)c3)[n+](C)n3ccnc23)n1. The van der Waals surface area contributed by atoms with E-state index in [1.165, 1.54) is 12.8 Å². The molecule has 1 unspecified atom stereocenters. The predicted octanol–water partition coefficient (Wildman–Crippen LogP) is 3.82. The molecule has 1 aromatic carbocycles. The Morgan fingerprint density at radius 2 is 2.06 bits per heavy atom. The summed E-state index contributed by atoms with van der Waals surface area (Å²) in [6.07, 6.45) is 6.11. The summed E-state index contributed by atoms with van der Waals surface area (Å²) in [6, 6.07) is 18.5. The van der Waals surface area contributed by atoms with Crippen LogP contribution in [0.5, 0.6) is 0 Å². The van der Waals surface area contributed by atoms with Crippen molar-refractivity contribution in [3.05, 3.63) is 66.5 Å². The first-order valence-electron chi connectivity index (χ1n) is 10.5. The Labute approximate surface area is 181 Å². The van der Waals surface area contributed by atoms with E-state index in [1.54, 1.807) is 6.20 Å². The number of aromatic nitrogens is 4. The number of anilines is 3. The smallest absolute Gasteiger partial charge is 0.239 e. The highest BCUT2D eigenvalue weighted by molar-refractivity contribution is 5.76. The summed E-state index contributed by atoms with van der Waals surface area (Å²) in [5.41, 5.74) is 4.23. The monoisotopic (exact) mass is 410 g/mol. The number of fused-ring (bicyclic) bond motifs is 1. The minimum absolute atomic E-state index is 0.511. The number of hydrogen-bond acceptors (Lipinski definition) is 5. The van der Waals surface area contributed by atoms with Gasteiger partial charge in [0.1, 0.15) is 11.6 Å². The van der Waals surface area contributed by atoms with Crippen LogP contribution >= 0.6 is 0 Å². The second-order valence-corrected chi connectivity index (χ2v) is 7.95. The third-order valence-corrected chi connectivity index (χ3v) is 5.95. The van der Waals surface area contributed by atoms with Crippen molar-refractivity contribution in [1.82, 2.24) is 14.5 Å². The van der Waals surface area contributed by atoms with Crippen molar-refractivity contribution in [2.45, 2.75) is 25.8 Å². The molecule has 0 bridgehead atoms. The third-order valence-electron chi connectivity index (χ3n) is 5.95. The van der Waals surface area contributed by atoms with Crippen molar-refractivity contribution in [3.63, 3.8) is 0 Å². The lowest BCUT2D eigenvalue weighted by molar-refractivity contribution is -0.730. The van der Waals surface area contributed by atoms with E-state index >= 15 is 0 Å². The van der Waals surface area contributed by atoms with E-state index in [-0.39, 0.29) is 0 Å².